The van der Waals surface area contributed by atoms with Gasteiger partial charge in [-0.05, 0) is 49.3 Å². The van der Waals surface area contributed by atoms with Crippen molar-refractivity contribution in [2.75, 3.05) is 18.0 Å². The molecule has 0 saturated carbocycles. The first-order valence-corrected chi connectivity index (χ1v) is 7.11. The molecule has 1 atom stereocenters. The van der Waals surface area contributed by atoms with Gasteiger partial charge in [0.1, 0.15) is 12.1 Å². The molecule has 0 aliphatic carbocycles. The van der Waals surface area contributed by atoms with Crippen LogP contribution in [0.15, 0.2) is 18.2 Å². The number of hydrogen-bond donors (Lipinski definition) is 0. The van der Waals surface area contributed by atoms with Crippen molar-refractivity contribution in [3.05, 3.63) is 29.6 Å². The van der Waals surface area contributed by atoms with E-state index in [1.54, 1.807) is 6.07 Å². The third-order valence-corrected chi connectivity index (χ3v) is 4.12. The Bertz CT molecular complexity index is 444. The summed E-state index contributed by atoms with van der Waals surface area (Å²) in [5, 5.41) is 0. The van der Waals surface area contributed by atoms with Crippen LogP contribution in [0.2, 0.25) is 0 Å². The molecule has 0 N–H and O–H groups in total. The number of hydrogen-bond acceptors (Lipinski definition) is 2. The van der Waals surface area contributed by atoms with Gasteiger partial charge in [-0.25, -0.2) is 4.39 Å². The van der Waals surface area contributed by atoms with E-state index in [1.807, 2.05) is 0 Å². The van der Waals surface area contributed by atoms with Gasteiger partial charge in [-0.3, -0.25) is 4.79 Å². The van der Waals surface area contributed by atoms with Gasteiger partial charge in [0, 0.05) is 24.3 Å². The zero-order valence-corrected chi connectivity index (χ0v) is 11.7. The summed E-state index contributed by atoms with van der Waals surface area (Å²) in [5.41, 5.74) is 1.26. The fraction of sp³-hybridized carbons (Fsp3) is 0.562. The van der Waals surface area contributed by atoms with E-state index < -0.39 is 0 Å². The van der Waals surface area contributed by atoms with Gasteiger partial charge in [-0.15, -0.1) is 0 Å². The van der Waals surface area contributed by atoms with Gasteiger partial charge in [0.25, 0.3) is 0 Å². The minimum absolute atomic E-state index is 0.329. The Labute approximate surface area is 114 Å². The first-order valence-electron chi connectivity index (χ1n) is 7.11. The summed E-state index contributed by atoms with van der Waals surface area (Å²) in [6, 6.07) is 4.60. The maximum Gasteiger partial charge on any atom is 0.150 e. The lowest BCUT2D eigenvalue weighted by atomic mass is 9.89. The van der Waals surface area contributed by atoms with Crippen molar-refractivity contribution in [3.8, 4) is 0 Å². The molecule has 1 unspecified atom stereocenters. The quantitative estimate of drug-likeness (QED) is 0.771. The summed E-state index contributed by atoms with van der Waals surface area (Å²) in [6.45, 7) is 6.44. The molecule has 2 nitrogen and oxygen atoms in total. The van der Waals surface area contributed by atoms with Crippen LogP contribution in [0.5, 0.6) is 0 Å². The Balaban J connectivity index is 2.13. The third-order valence-electron chi connectivity index (χ3n) is 4.12. The van der Waals surface area contributed by atoms with Gasteiger partial charge in [-0.2, -0.15) is 0 Å². The van der Waals surface area contributed by atoms with Crippen molar-refractivity contribution >= 4 is 12.0 Å². The highest BCUT2D eigenvalue weighted by Gasteiger charge is 2.20. The van der Waals surface area contributed by atoms with Crippen molar-refractivity contribution in [3.63, 3.8) is 0 Å². The van der Waals surface area contributed by atoms with Crippen molar-refractivity contribution in [2.24, 2.45) is 11.8 Å². The van der Waals surface area contributed by atoms with E-state index in [2.05, 4.69) is 18.7 Å². The summed E-state index contributed by atoms with van der Waals surface area (Å²) < 4.78 is 13.5. The molecular weight excluding hydrogens is 241 g/mol. The molecule has 0 bridgehead atoms. The lowest BCUT2D eigenvalue weighted by Crippen LogP contribution is -2.24. The zero-order chi connectivity index (χ0) is 13.8. The van der Waals surface area contributed by atoms with E-state index in [9.17, 15) is 9.18 Å². The van der Waals surface area contributed by atoms with Gasteiger partial charge < -0.3 is 4.90 Å². The highest BCUT2D eigenvalue weighted by Crippen LogP contribution is 2.28. The topological polar surface area (TPSA) is 20.3 Å². The van der Waals surface area contributed by atoms with E-state index in [-0.39, 0.29) is 5.82 Å². The van der Waals surface area contributed by atoms with Gasteiger partial charge in [-0.1, -0.05) is 13.8 Å². The normalized spacial score (nSPS) is 20.4. The molecule has 1 aromatic carbocycles. The smallest absolute Gasteiger partial charge is 0.150 e. The van der Waals surface area contributed by atoms with E-state index in [0.29, 0.717) is 17.8 Å². The first-order chi connectivity index (χ1) is 9.10. The van der Waals surface area contributed by atoms with Crippen LogP contribution in [-0.4, -0.2) is 19.4 Å². The number of rotatable bonds is 3. The fourth-order valence-corrected chi connectivity index (χ4v) is 2.89. The van der Waals surface area contributed by atoms with Crippen molar-refractivity contribution in [1.82, 2.24) is 0 Å². The average Bonchev–Trinajstić information content (AvgIpc) is 2.63. The molecule has 0 amide bonds. The van der Waals surface area contributed by atoms with E-state index in [4.69, 9.17) is 0 Å². The largest absolute Gasteiger partial charge is 0.371 e. The van der Waals surface area contributed by atoms with E-state index in [0.717, 1.165) is 37.5 Å². The molecule has 19 heavy (non-hydrogen) atoms. The Kier molecular flexibility index (Phi) is 4.56. The molecule has 0 spiro atoms. The summed E-state index contributed by atoms with van der Waals surface area (Å²) >= 11 is 0. The second-order valence-electron chi connectivity index (χ2n) is 5.78. The van der Waals surface area contributed by atoms with Crippen molar-refractivity contribution in [1.29, 1.82) is 0 Å². The molecule has 1 aliphatic heterocycles. The summed E-state index contributed by atoms with van der Waals surface area (Å²) in [6.07, 6.45) is 4.23. The monoisotopic (exact) mass is 263 g/mol. The first kappa shape index (κ1) is 14.0. The van der Waals surface area contributed by atoms with Gasteiger partial charge in [0.05, 0.1) is 0 Å². The molecule has 1 saturated heterocycles. The number of nitrogens with zero attached hydrogens (tertiary/aromatic N) is 1. The maximum absolute atomic E-state index is 13.5. The van der Waals surface area contributed by atoms with Gasteiger partial charge in [0.2, 0.25) is 0 Å². The fourth-order valence-electron chi connectivity index (χ4n) is 2.89. The minimum atomic E-state index is -0.329. The molecular formula is C16H22FNO. The van der Waals surface area contributed by atoms with Crippen LogP contribution in [-0.2, 0) is 0 Å². The number of aldehydes is 1. The lowest BCUT2D eigenvalue weighted by Gasteiger charge is -2.24. The van der Waals surface area contributed by atoms with Crippen LogP contribution in [0.3, 0.4) is 0 Å². The SMILES string of the molecule is CC(C)C1CCCN(c2cc(F)cc(C=O)c2)CC1. The van der Waals surface area contributed by atoms with E-state index in [1.165, 1.54) is 18.6 Å². The second-order valence-corrected chi connectivity index (χ2v) is 5.78. The predicted molar refractivity (Wildman–Crippen MR) is 76.2 cm³/mol. The number of carbonyl (C=O) groups excluding carboxylic acids is 1. The molecule has 1 aromatic rings. The number of anilines is 1. The Hall–Kier alpha value is -1.38. The number of halogens is 1. The van der Waals surface area contributed by atoms with Crippen LogP contribution in [0.1, 0.15) is 43.5 Å². The minimum Gasteiger partial charge on any atom is -0.371 e. The van der Waals surface area contributed by atoms with Crippen LogP contribution in [0.25, 0.3) is 0 Å². The van der Waals surface area contributed by atoms with Crippen LogP contribution in [0.4, 0.5) is 10.1 Å². The summed E-state index contributed by atoms with van der Waals surface area (Å²) in [5.74, 6) is 1.13. The van der Waals surface area contributed by atoms with Gasteiger partial charge >= 0.3 is 0 Å². The second kappa shape index (κ2) is 6.18. The molecule has 1 fully saturated rings. The highest BCUT2D eigenvalue weighted by atomic mass is 19.1. The molecule has 3 heteroatoms. The van der Waals surface area contributed by atoms with Crippen molar-refractivity contribution < 1.29 is 9.18 Å². The van der Waals surface area contributed by atoms with Crippen LogP contribution >= 0.6 is 0 Å². The Morgan fingerprint density at radius 1 is 1.26 bits per heavy atom. The summed E-state index contributed by atoms with van der Waals surface area (Å²) in [7, 11) is 0. The van der Waals surface area contributed by atoms with Gasteiger partial charge in [0.15, 0.2) is 0 Å². The standard InChI is InChI=1S/C16H22FNO/c1-12(2)14-4-3-6-18(7-5-14)16-9-13(11-19)8-15(17)10-16/h8-12,14H,3-7H2,1-2H3. The average molecular weight is 263 g/mol. The summed E-state index contributed by atoms with van der Waals surface area (Å²) in [4.78, 5) is 13.0. The molecule has 2 rings (SSSR count). The third kappa shape index (κ3) is 3.55. The number of benzene rings is 1. The molecule has 0 radical (unpaired) electrons. The Morgan fingerprint density at radius 2 is 2.05 bits per heavy atom. The van der Waals surface area contributed by atoms with Crippen LogP contribution < -0.4 is 4.90 Å². The molecule has 1 aliphatic rings. The Morgan fingerprint density at radius 3 is 2.74 bits per heavy atom. The maximum atomic E-state index is 13.5. The molecule has 0 aromatic heterocycles. The molecule has 104 valence electrons. The van der Waals surface area contributed by atoms with Crippen molar-refractivity contribution in [2.45, 2.75) is 33.1 Å². The lowest BCUT2D eigenvalue weighted by molar-refractivity contribution is 0.112. The molecule has 1 heterocycles. The predicted octanol–water partition coefficient (Wildman–Crippen LogP) is 3.90. The van der Waals surface area contributed by atoms with Crippen LogP contribution in [0, 0.1) is 17.7 Å². The zero-order valence-electron chi connectivity index (χ0n) is 11.7. The number of carbonyl (C=O) groups is 1. The van der Waals surface area contributed by atoms with E-state index >= 15 is 0 Å². The highest BCUT2D eigenvalue weighted by molar-refractivity contribution is 5.77.